The first-order chi connectivity index (χ1) is 19.1. The van der Waals surface area contributed by atoms with Crippen LogP contribution in [0.5, 0.6) is 0 Å². The molecule has 0 radical (unpaired) electrons. The minimum atomic E-state index is -1.12. The fourth-order valence-corrected chi connectivity index (χ4v) is 7.39. The van der Waals surface area contributed by atoms with Gasteiger partial charge >= 0.3 is 0 Å². The van der Waals surface area contributed by atoms with Crippen molar-refractivity contribution in [2.45, 2.75) is 76.0 Å². The molecule has 2 amide bonds. The van der Waals surface area contributed by atoms with Gasteiger partial charge in [-0.15, -0.1) is 0 Å². The van der Waals surface area contributed by atoms with Crippen LogP contribution in [0.4, 0.5) is 10.1 Å². The molecule has 2 aliphatic heterocycles. The maximum atomic E-state index is 14.1. The minimum absolute atomic E-state index is 0.0417. The molecule has 214 valence electrons. The second-order valence-corrected chi connectivity index (χ2v) is 12.9. The van der Waals surface area contributed by atoms with Gasteiger partial charge in [-0.1, -0.05) is 0 Å². The maximum Gasteiger partial charge on any atom is 0.274 e. The van der Waals surface area contributed by atoms with Crippen molar-refractivity contribution in [2.24, 2.45) is 5.92 Å². The first kappa shape index (κ1) is 26.0. The van der Waals surface area contributed by atoms with Gasteiger partial charge < -0.3 is 24.9 Å². The number of carbonyl (C=O) groups excluding carboxylic acids is 2. The third-order valence-corrected chi connectivity index (χ3v) is 10.4. The van der Waals surface area contributed by atoms with Crippen LogP contribution in [0.1, 0.15) is 70.9 Å². The van der Waals surface area contributed by atoms with E-state index in [1.54, 1.807) is 9.58 Å². The quantitative estimate of drug-likeness (QED) is 0.591. The SMILES string of the molecule is Cc1c(F)ccc(N2CCN(C(=O)Cn3nc(C(=O)N4CCC(O)(CO)CC4)c4c3C[C@H]3C[C@@H]43)C3(CC3)C2)c1C. The summed E-state index contributed by atoms with van der Waals surface area (Å²) in [5.74, 6) is 0.623. The summed E-state index contributed by atoms with van der Waals surface area (Å²) in [5, 5.41) is 24.6. The molecule has 2 saturated carbocycles. The third-order valence-electron chi connectivity index (χ3n) is 10.4. The molecular weight excluding hydrogens is 513 g/mol. The van der Waals surface area contributed by atoms with Gasteiger partial charge in [-0.2, -0.15) is 5.10 Å². The Hall–Kier alpha value is -2.98. The fourth-order valence-electron chi connectivity index (χ4n) is 7.39. The summed E-state index contributed by atoms with van der Waals surface area (Å²) in [5.41, 5.74) is 3.87. The molecule has 1 aromatic carbocycles. The molecule has 0 unspecified atom stereocenters. The van der Waals surface area contributed by atoms with Gasteiger partial charge in [0.25, 0.3) is 5.91 Å². The highest BCUT2D eigenvalue weighted by molar-refractivity contribution is 5.95. The van der Waals surface area contributed by atoms with Crippen molar-refractivity contribution >= 4 is 17.5 Å². The predicted octanol–water partition coefficient (Wildman–Crippen LogP) is 2.14. The van der Waals surface area contributed by atoms with Crippen molar-refractivity contribution in [3.63, 3.8) is 0 Å². The Morgan fingerprint density at radius 3 is 2.52 bits per heavy atom. The number of aliphatic hydroxyl groups is 2. The van der Waals surface area contributed by atoms with Gasteiger partial charge in [0.15, 0.2) is 5.69 Å². The molecule has 9 nitrogen and oxygen atoms in total. The van der Waals surface area contributed by atoms with Crippen LogP contribution in [-0.2, 0) is 17.8 Å². The first-order valence-electron chi connectivity index (χ1n) is 14.7. The van der Waals surface area contributed by atoms with E-state index in [1.165, 1.54) is 6.07 Å². The average Bonchev–Trinajstić information content (AvgIpc) is 3.83. The van der Waals surface area contributed by atoms with Gasteiger partial charge in [0.1, 0.15) is 12.4 Å². The number of aliphatic hydroxyl groups excluding tert-OH is 1. The van der Waals surface area contributed by atoms with Crippen LogP contribution in [-0.4, -0.2) is 92.1 Å². The number of likely N-dealkylation sites (tertiary alicyclic amines) is 1. The lowest BCUT2D eigenvalue weighted by molar-refractivity contribution is -0.135. The van der Waals surface area contributed by atoms with Crippen LogP contribution in [0.25, 0.3) is 0 Å². The number of fused-ring (bicyclic) bond motifs is 3. The van der Waals surface area contributed by atoms with E-state index >= 15 is 0 Å². The van der Waals surface area contributed by atoms with Crippen LogP contribution in [0.15, 0.2) is 12.1 Å². The highest BCUT2D eigenvalue weighted by atomic mass is 19.1. The molecule has 4 fully saturated rings. The summed E-state index contributed by atoms with van der Waals surface area (Å²) >= 11 is 0. The summed E-state index contributed by atoms with van der Waals surface area (Å²) in [6.07, 6.45) is 4.52. The Balaban J connectivity index is 1.08. The molecule has 0 bridgehead atoms. The highest BCUT2D eigenvalue weighted by Gasteiger charge is 2.54. The largest absolute Gasteiger partial charge is 0.393 e. The molecule has 7 rings (SSSR count). The molecular formula is C30H38FN5O4. The van der Waals surface area contributed by atoms with Crippen molar-refractivity contribution in [2.75, 3.05) is 44.2 Å². The lowest BCUT2D eigenvalue weighted by Crippen LogP contribution is -2.58. The van der Waals surface area contributed by atoms with Gasteiger partial charge in [0, 0.05) is 49.7 Å². The van der Waals surface area contributed by atoms with Crippen LogP contribution in [0, 0.1) is 25.6 Å². The number of piperidine rings is 1. The molecule has 2 atom stereocenters. The molecule has 10 heteroatoms. The van der Waals surface area contributed by atoms with E-state index in [9.17, 15) is 24.2 Å². The number of hydrogen-bond acceptors (Lipinski definition) is 6. The number of nitrogens with zero attached hydrogens (tertiary/aromatic N) is 5. The van der Waals surface area contributed by atoms with E-state index in [1.807, 2.05) is 24.8 Å². The zero-order valence-electron chi connectivity index (χ0n) is 23.3. The third kappa shape index (κ3) is 4.05. The lowest BCUT2D eigenvalue weighted by Gasteiger charge is -2.44. The van der Waals surface area contributed by atoms with Crippen molar-refractivity contribution in [3.8, 4) is 0 Å². The number of piperazine rings is 1. The van der Waals surface area contributed by atoms with Crippen molar-refractivity contribution in [1.29, 1.82) is 0 Å². The van der Waals surface area contributed by atoms with Gasteiger partial charge in [-0.3, -0.25) is 14.3 Å². The van der Waals surface area contributed by atoms with Gasteiger partial charge in [-0.05, 0) is 87.5 Å². The first-order valence-corrected chi connectivity index (χ1v) is 14.7. The van der Waals surface area contributed by atoms with Gasteiger partial charge in [-0.25, -0.2) is 4.39 Å². The maximum absolute atomic E-state index is 14.1. The van der Waals surface area contributed by atoms with E-state index < -0.39 is 5.60 Å². The standard InChI is InChI=1S/C30H38FN5O4/c1-18-19(2)23(4-3-22(18)31)34-11-12-35(29(16-34)5-6-29)25(38)15-36-24-14-20-13-21(20)26(24)27(32-36)28(39)33-9-7-30(40,17-37)8-10-33/h3-4,20-21,37,40H,5-17H2,1-2H3/t20-,21-/m1/s1. The predicted molar refractivity (Wildman–Crippen MR) is 146 cm³/mol. The number of hydrogen-bond donors (Lipinski definition) is 2. The molecule has 3 heterocycles. The Labute approximate surface area is 233 Å². The van der Waals surface area contributed by atoms with E-state index in [0.717, 1.165) is 54.7 Å². The lowest BCUT2D eigenvalue weighted by atomic mass is 9.92. The van der Waals surface area contributed by atoms with Gasteiger partial charge in [0.2, 0.25) is 5.91 Å². The van der Waals surface area contributed by atoms with Crippen molar-refractivity contribution in [1.82, 2.24) is 19.6 Å². The minimum Gasteiger partial charge on any atom is -0.393 e. The Bertz CT molecular complexity index is 1390. The zero-order valence-corrected chi connectivity index (χ0v) is 23.3. The average molecular weight is 552 g/mol. The van der Waals surface area contributed by atoms with Crippen molar-refractivity contribution < 1.29 is 24.2 Å². The fraction of sp³-hybridized carbons (Fsp3) is 0.633. The number of benzene rings is 1. The second-order valence-electron chi connectivity index (χ2n) is 12.9. The highest BCUT2D eigenvalue weighted by Crippen LogP contribution is 2.57. The van der Waals surface area contributed by atoms with Crippen LogP contribution in [0.3, 0.4) is 0 Å². The van der Waals surface area contributed by atoms with Gasteiger partial charge in [0.05, 0.1) is 17.7 Å². The summed E-state index contributed by atoms with van der Waals surface area (Å²) in [6.45, 7) is 6.41. The number of amides is 2. The molecule has 5 aliphatic rings. The molecule has 2 saturated heterocycles. The Morgan fingerprint density at radius 1 is 1.07 bits per heavy atom. The summed E-state index contributed by atoms with van der Waals surface area (Å²) in [6, 6.07) is 3.39. The van der Waals surface area contributed by atoms with Crippen LogP contribution in [0.2, 0.25) is 0 Å². The number of halogens is 1. The molecule has 2 N–H and O–H groups in total. The van der Waals surface area contributed by atoms with Crippen LogP contribution >= 0.6 is 0 Å². The monoisotopic (exact) mass is 551 g/mol. The molecule has 2 aromatic rings. The van der Waals surface area contributed by atoms with E-state index in [0.29, 0.717) is 62.1 Å². The number of aromatic nitrogens is 2. The topological polar surface area (TPSA) is 102 Å². The molecule has 3 aliphatic carbocycles. The zero-order chi connectivity index (χ0) is 28.0. The summed E-state index contributed by atoms with van der Waals surface area (Å²) in [4.78, 5) is 33.4. The summed E-state index contributed by atoms with van der Waals surface area (Å²) < 4.78 is 15.9. The van der Waals surface area contributed by atoms with Crippen LogP contribution < -0.4 is 4.90 Å². The molecule has 40 heavy (non-hydrogen) atoms. The Morgan fingerprint density at radius 2 is 1.82 bits per heavy atom. The smallest absolute Gasteiger partial charge is 0.274 e. The van der Waals surface area contributed by atoms with E-state index in [4.69, 9.17) is 5.10 Å². The van der Waals surface area contributed by atoms with Crippen molar-refractivity contribution in [3.05, 3.63) is 46.0 Å². The normalized spacial score (nSPS) is 25.7. The van der Waals surface area contributed by atoms with E-state index in [2.05, 4.69) is 4.90 Å². The summed E-state index contributed by atoms with van der Waals surface area (Å²) in [7, 11) is 0. The number of carbonyl (C=O) groups is 2. The number of rotatable bonds is 5. The molecule has 1 aromatic heterocycles. The Kier molecular flexibility index (Phi) is 5.85. The molecule has 1 spiro atoms. The number of anilines is 1. The van der Waals surface area contributed by atoms with E-state index in [-0.39, 0.29) is 36.3 Å². The second kappa shape index (κ2) is 9.01.